The summed E-state index contributed by atoms with van der Waals surface area (Å²) in [4.78, 5) is 11.7. The van der Waals surface area contributed by atoms with Gasteiger partial charge in [-0.3, -0.25) is 4.79 Å². The molecule has 0 aliphatic heterocycles. The van der Waals surface area contributed by atoms with Crippen LogP contribution in [-0.4, -0.2) is 18.5 Å². The number of hydrogen-bond donors (Lipinski definition) is 2. The lowest BCUT2D eigenvalue weighted by Gasteiger charge is -2.10. The van der Waals surface area contributed by atoms with Gasteiger partial charge in [-0.1, -0.05) is 44.2 Å². The predicted octanol–water partition coefficient (Wildman–Crippen LogP) is 3.20. The normalized spacial score (nSPS) is 10.5. The second-order valence-electron chi connectivity index (χ2n) is 5.38. The van der Waals surface area contributed by atoms with E-state index in [0.717, 1.165) is 17.0 Å². The van der Waals surface area contributed by atoms with Gasteiger partial charge >= 0.3 is 0 Å². The first-order chi connectivity index (χ1) is 10.6. The Morgan fingerprint density at radius 1 is 1.05 bits per heavy atom. The fourth-order valence-electron chi connectivity index (χ4n) is 1.88. The van der Waals surface area contributed by atoms with Crippen molar-refractivity contribution < 1.29 is 9.53 Å². The summed E-state index contributed by atoms with van der Waals surface area (Å²) < 4.78 is 5.71. The van der Waals surface area contributed by atoms with Crippen molar-refractivity contribution >= 4 is 11.6 Å². The number of carbonyl (C=O) groups excluding carboxylic acids is 1. The zero-order valence-corrected chi connectivity index (χ0v) is 13.0. The van der Waals surface area contributed by atoms with E-state index in [0.29, 0.717) is 19.2 Å². The van der Waals surface area contributed by atoms with Crippen molar-refractivity contribution in [2.45, 2.75) is 26.5 Å². The molecule has 2 rings (SSSR count). The van der Waals surface area contributed by atoms with Gasteiger partial charge in [-0.15, -0.1) is 0 Å². The van der Waals surface area contributed by atoms with Crippen LogP contribution in [-0.2, 0) is 11.4 Å². The quantitative estimate of drug-likeness (QED) is 0.825. The summed E-state index contributed by atoms with van der Waals surface area (Å²) in [6.45, 7) is 4.85. The fraction of sp³-hybridized carbons (Fsp3) is 0.278. The van der Waals surface area contributed by atoms with Gasteiger partial charge in [0.2, 0.25) is 5.91 Å². The van der Waals surface area contributed by atoms with Crippen LogP contribution in [0.25, 0.3) is 0 Å². The third kappa shape index (κ3) is 5.58. The van der Waals surface area contributed by atoms with Gasteiger partial charge in [0, 0.05) is 11.7 Å². The van der Waals surface area contributed by atoms with Crippen LogP contribution >= 0.6 is 0 Å². The Morgan fingerprint density at radius 3 is 2.36 bits per heavy atom. The molecule has 0 spiro atoms. The molecule has 1 amide bonds. The topological polar surface area (TPSA) is 50.4 Å². The molecule has 0 heterocycles. The van der Waals surface area contributed by atoms with E-state index in [-0.39, 0.29) is 5.91 Å². The number of carbonyl (C=O) groups is 1. The first-order valence-electron chi connectivity index (χ1n) is 7.43. The second-order valence-corrected chi connectivity index (χ2v) is 5.38. The zero-order valence-electron chi connectivity index (χ0n) is 13.0. The van der Waals surface area contributed by atoms with Crippen LogP contribution in [0.4, 0.5) is 5.69 Å². The molecule has 4 heteroatoms. The minimum absolute atomic E-state index is 0.0494. The van der Waals surface area contributed by atoms with Crippen LogP contribution in [0.3, 0.4) is 0 Å². The summed E-state index contributed by atoms with van der Waals surface area (Å²) in [6.07, 6.45) is 0. The molecule has 0 aliphatic rings. The number of anilines is 1. The second kappa shape index (κ2) is 8.20. The monoisotopic (exact) mass is 298 g/mol. The fourth-order valence-corrected chi connectivity index (χ4v) is 1.88. The van der Waals surface area contributed by atoms with Gasteiger partial charge < -0.3 is 15.4 Å². The van der Waals surface area contributed by atoms with Crippen molar-refractivity contribution in [2.75, 3.05) is 11.9 Å². The Bertz CT molecular complexity index is 580. The highest BCUT2D eigenvalue weighted by atomic mass is 16.5. The molecule has 0 aromatic heterocycles. The summed E-state index contributed by atoms with van der Waals surface area (Å²) >= 11 is 0. The number of amides is 1. The van der Waals surface area contributed by atoms with Crippen LogP contribution in [0.2, 0.25) is 0 Å². The first-order valence-corrected chi connectivity index (χ1v) is 7.43. The van der Waals surface area contributed by atoms with Crippen LogP contribution < -0.4 is 15.4 Å². The summed E-state index contributed by atoms with van der Waals surface area (Å²) in [7, 11) is 0. The molecular formula is C18H22N2O2. The Morgan fingerprint density at radius 2 is 1.73 bits per heavy atom. The van der Waals surface area contributed by atoms with E-state index in [1.807, 2.05) is 68.4 Å². The summed E-state index contributed by atoms with van der Waals surface area (Å²) in [5.41, 5.74) is 1.89. The molecule has 4 nitrogen and oxygen atoms in total. The van der Waals surface area contributed by atoms with Crippen molar-refractivity contribution in [3.05, 3.63) is 60.2 Å². The molecular weight excluding hydrogens is 276 g/mol. The van der Waals surface area contributed by atoms with E-state index < -0.39 is 0 Å². The van der Waals surface area contributed by atoms with E-state index >= 15 is 0 Å². The van der Waals surface area contributed by atoms with Crippen LogP contribution in [0.5, 0.6) is 5.75 Å². The first kappa shape index (κ1) is 16.0. The van der Waals surface area contributed by atoms with Gasteiger partial charge in [0.25, 0.3) is 0 Å². The number of hydrogen-bond acceptors (Lipinski definition) is 3. The maximum Gasteiger partial charge on any atom is 0.238 e. The van der Waals surface area contributed by atoms with E-state index in [1.54, 1.807) is 0 Å². The molecule has 0 bridgehead atoms. The van der Waals surface area contributed by atoms with Gasteiger partial charge in [-0.2, -0.15) is 0 Å². The average Bonchev–Trinajstić information content (AvgIpc) is 2.53. The van der Waals surface area contributed by atoms with Gasteiger partial charge in [0.05, 0.1) is 6.54 Å². The summed E-state index contributed by atoms with van der Waals surface area (Å²) in [5, 5.41) is 5.92. The van der Waals surface area contributed by atoms with Gasteiger partial charge in [0.15, 0.2) is 0 Å². The molecule has 0 fully saturated rings. The number of benzene rings is 2. The Balaban J connectivity index is 1.81. The average molecular weight is 298 g/mol. The number of rotatable bonds is 7. The summed E-state index contributed by atoms with van der Waals surface area (Å²) in [5.74, 6) is 0.730. The molecule has 2 aromatic carbocycles. The van der Waals surface area contributed by atoms with E-state index in [4.69, 9.17) is 4.74 Å². The van der Waals surface area contributed by atoms with E-state index in [9.17, 15) is 4.79 Å². The molecule has 2 N–H and O–H groups in total. The predicted molar refractivity (Wildman–Crippen MR) is 89.0 cm³/mol. The highest BCUT2D eigenvalue weighted by molar-refractivity contribution is 5.92. The largest absolute Gasteiger partial charge is 0.489 e. The van der Waals surface area contributed by atoms with Crippen LogP contribution in [0.15, 0.2) is 54.6 Å². The molecule has 22 heavy (non-hydrogen) atoms. The highest BCUT2D eigenvalue weighted by Crippen LogP contribution is 2.17. The van der Waals surface area contributed by atoms with Crippen molar-refractivity contribution in [1.82, 2.24) is 5.32 Å². The Labute approximate surface area is 131 Å². The minimum Gasteiger partial charge on any atom is -0.489 e. The Hall–Kier alpha value is -2.33. The molecule has 0 saturated heterocycles. The highest BCUT2D eigenvalue weighted by Gasteiger charge is 2.03. The van der Waals surface area contributed by atoms with E-state index in [2.05, 4.69) is 10.6 Å². The maximum atomic E-state index is 11.7. The molecule has 0 saturated carbocycles. The molecule has 0 atom stereocenters. The number of nitrogens with one attached hydrogen (secondary N) is 2. The number of ether oxygens (including phenoxy) is 1. The lowest BCUT2D eigenvalue weighted by Crippen LogP contribution is -2.32. The van der Waals surface area contributed by atoms with Crippen molar-refractivity contribution in [3.63, 3.8) is 0 Å². The summed E-state index contributed by atoms with van der Waals surface area (Å²) in [6, 6.07) is 17.7. The molecule has 0 unspecified atom stereocenters. The SMILES string of the molecule is CC(C)NCC(=O)Nc1ccc(OCc2ccccc2)cc1. The van der Waals surface area contributed by atoms with Gasteiger partial charge in [-0.05, 0) is 29.8 Å². The lowest BCUT2D eigenvalue weighted by atomic mass is 10.2. The zero-order chi connectivity index (χ0) is 15.8. The minimum atomic E-state index is -0.0494. The van der Waals surface area contributed by atoms with Crippen LogP contribution in [0, 0.1) is 0 Å². The molecule has 2 aromatic rings. The van der Waals surface area contributed by atoms with Crippen molar-refractivity contribution in [3.8, 4) is 5.75 Å². The van der Waals surface area contributed by atoms with Gasteiger partial charge in [0.1, 0.15) is 12.4 Å². The van der Waals surface area contributed by atoms with Crippen molar-refractivity contribution in [1.29, 1.82) is 0 Å². The maximum absolute atomic E-state index is 11.7. The molecule has 116 valence electrons. The van der Waals surface area contributed by atoms with Gasteiger partial charge in [-0.25, -0.2) is 0 Å². The standard InChI is InChI=1S/C18H22N2O2/c1-14(2)19-12-18(21)20-16-8-10-17(11-9-16)22-13-15-6-4-3-5-7-15/h3-11,14,19H,12-13H2,1-2H3,(H,20,21). The van der Waals surface area contributed by atoms with Crippen molar-refractivity contribution in [2.24, 2.45) is 0 Å². The molecule has 0 aliphatic carbocycles. The Kier molecular flexibility index (Phi) is 5.98. The van der Waals surface area contributed by atoms with E-state index in [1.165, 1.54) is 0 Å². The third-order valence-corrected chi connectivity index (χ3v) is 3.06. The van der Waals surface area contributed by atoms with Crippen LogP contribution in [0.1, 0.15) is 19.4 Å². The smallest absolute Gasteiger partial charge is 0.238 e. The lowest BCUT2D eigenvalue weighted by molar-refractivity contribution is -0.115. The third-order valence-electron chi connectivity index (χ3n) is 3.06. The molecule has 0 radical (unpaired) electrons.